The summed E-state index contributed by atoms with van der Waals surface area (Å²) in [5, 5.41) is 22.9. The minimum atomic E-state index is -0.641. The van der Waals surface area contributed by atoms with E-state index in [2.05, 4.69) is 5.32 Å². The fraction of sp³-hybridized carbons (Fsp3) is 0.0714. The average molecular weight is 307 g/mol. The van der Waals surface area contributed by atoms with Gasteiger partial charge in [0.1, 0.15) is 11.3 Å². The normalized spacial score (nSPS) is 10.2. The molecule has 0 unspecified atom stereocenters. The first-order chi connectivity index (χ1) is 9.88. The van der Waals surface area contributed by atoms with Gasteiger partial charge in [0, 0.05) is 12.1 Å². The Hall–Kier alpha value is -2.60. The zero-order valence-corrected chi connectivity index (χ0v) is 11.7. The van der Waals surface area contributed by atoms with Gasteiger partial charge in [0.15, 0.2) is 0 Å². The van der Waals surface area contributed by atoms with E-state index in [9.17, 15) is 20.0 Å². The summed E-state index contributed by atoms with van der Waals surface area (Å²) in [6, 6.07) is 8.30. The third-order valence-corrected chi connectivity index (χ3v) is 3.11. The molecule has 0 aliphatic carbocycles. The fourth-order valence-corrected chi connectivity index (χ4v) is 2.01. The molecule has 0 spiro atoms. The van der Waals surface area contributed by atoms with Gasteiger partial charge < -0.3 is 10.4 Å². The number of hydrogen-bond acceptors (Lipinski definition) is 4. The molecular formula is C14H11ClN2O4. The number of aryl methyl sites for hydroxylation is 1. The highest BCUT2D eigenvalue weighted by molar-refractivity contribution is 6.34. The highest BCUT2D eigenvalue weighted by Gasteiger charge is 2.20. The number of nitro benzene ring substituents is 1. The van der Waals surface area contributed by atoms with Crippen LogP contribution in [0, 0.1) is 17.0 Å². The topological polar surface area (TPSA) is 92.5 Å². The van der Waals surface area contributed by atoms with E-state index in [1.807, 2.05) is 0 Å². The van der Waals surface area contributed by atoms with Gasteiger partial charge in [-0.05, 0) is 30.7 Å². The molecule has 2 rings (SSSR count). The van der Waals surface area contributed by atoms with Gasteiger partial charge in [-0.25, -0.2) is 0 Å². The summed E-state index contributed by atoms with van der Waals surface area (Å²) in [6.45, 7) is 1.73. The SMILES string of the molecule is Cc1ccc([N+](=O)[O-])c(C(=O)Nc2ccc(O)cc2Cl)c1. The van der Waals surface area contributed by atoms with E-state index in [-0.39, 0.29) is 27.7 Å². The van der Waals surface area contributed by atoms with Gasteiger partial charge in [-0.15, -0.1) is 0 Å². The molecule has 2 aromatic rings. The molecule has 2 aromatic carbocycles. The molecular weight excluding hydrogens is 296 g/mol. The molecule has 0 heterocycles. The summed E-state index contributed by atoms with van der Waals surface area (Å²) < 4.78 is 0. The maximum absolute atomic E-state index is 12.2. The van der Waals surface area contributed by atoms with Gasteiger partial charge in [-0.3, -0.25) is 14.9 Å². The third-order valence-electron chi connectivity index (χ3n) is 2.79. The van der Waals surface area contributed by atoms with Gasteiger partial charge in [-0.2, -0.15) is 0 Å². The Balaban J connectivity index is 2.36. The molecule has 1 amide bonds. The predicted octanol–water partition coefficient (Wildman–Crippen LogP) is 3.51. The number of nitrogens with one attached hydrogen (secondary N) is 1. The third kappa shape index (κ3) is 3.29. The van der Waals surface area contributed by atoms with Crippen LogP contribution in [0.4, 0.5) is 11.4 Å². The summed E-state index contributed by atoms with van der Waals surface area (Å²) in [6.07, 6.45) is 0. The standard InChI is InChI=1S/C14H11ClN2O4/c1-8-2-5-13(17(20)21)10(6-8)14(19)16-12-4-3-9(18)7-11(12)15/h2-7,18H,1H3,(H,16,19). The lowest BCUT2D eigenvalue weighted by molar-refractivity contribution is -0.385. The Labute approximate surface area is 125 Å². The number of carbonyl (C=O) groups is 1. The zero-order chi connectivity index (χ0) is 15.6. The maximum Gasteiger partial charge on any atom is 0.282 e. The van der Waals surface area contributed by atoms with Gasteiger partial charge in [0.2, 0.25) is 0 Å². The lowest BCUT2D eigenvalue weighted by Crippen LogP contribution is -2.14. The molecule has 0 aliphatic rings. The number of hydrogen-bond donors (Lipinski definition) is 2. The van der Waals surface area contributed by atoms with E-state index < -0.39 is 10.8 Å². The zero-order valence-electron chi connectivity index (χ0n) is 11.0. The van der Waals surface area contributed by atoms with Crippen LogP contribution in [0.1, 0.15) is 15.9 Å². The van der Waals surface area contributed by atoms with Crippen LogP contribution in [-0.2, 0) is 0 Å². The molecule has 0 atom stereocenters. The van der Waals surface area contributed by atoms with E-state index in [1.165, 1.54) is 30.3 Å². The van der Waals surface area contributed by atoms with Crippen LogP contribution in [0.5, 0.6) is 5.75 Å². The van der Waals surface area contributed by atoms with E-state index in [0.29, 0.717) is 0 Å². The number of aromatic hydroxyl groups is 1. The van der Waals surface area contributed by atoms with Crippen LogP contribution in [0.2, 0.25) is 5.02 Å². The summed E-state index contributed by atoms with van der Waals surface area (Å²) in [5.41, 5.74) is 0.648. The number of benzene rings is 2. The maximum atomic E-state index is 12.2. The van der Waals surface area contributed by atoms with Gasteiger partial charge in [0.25, 0.3) is 11.6 Å². The Bertz CT molecular complexity index is 731. The van der Waals surface area contributed by atoms with Crippen molar-refractivity contribution < 1.29 is 14.8 Å². The van der Waals surface area contributed by atoms with Gasteiger partial charge >= 0.3 is 0 Å². The second kappa shape index (κ2) is 5.80. The van der Waals surface area contributed by atoms with Crippen molar-refractivity contribution in [1.82, 2.24) is 0 Å². The van der Waals surface area contributed by atoms with Crippen molar-refractivity contribution in [3.05, 3.63) is 62.7 Å². The second-order valence-electron chi connectivity index (χ2n) is 4.40. The van der Waals surface area contributed by atoms with Crippen LogP contribution >= 0.6 is 11.6 Å². The molecule has 0 aliphatic heterocycles. The van der Waals surface area contributed by atoms with E-state index in [4.69, 9.17) is 11.6 Å². The van der Waals surface area contributed by atoms with Crippen molar-refractivity contribution in [3.8, 4) is 5.75 Å². The highest BCUT2D eigenvalue weighted by atomic mass is 35.5. The minimum Gasteiger partial charge on any atom is -0.508 e. The Morgan fingerprint density at radius 1 is 1.29 bits per heavy atom. The smallest absolute Gasteiger partial charge is 0.282 e. The van der Waals surface area contributed by atoms with Gasteiger partial charge in [-0.1, -0.05) is 17.7 Å². The quantitative estimate of drug-likeness (QED) is 0.515. The fourth-order valence-electron chi connectivity index (χ4n) is 1.79. The molecule has 0 fully saturated rings. The number of carbonyl (C=O) groups excluding carboxylic acids is 1. The summed E-state index contributed by atoms with van der Waals surface area (Å²) in [4.78, 5) is 22.5. The van der Waals surface area contributed by atoms with Crippen LogP contribution in [0.25, 0.3) is 0 Å². The van der Waals surface area contributed by atoms with Gasteiger partial charge in [0.05, 0.1) is 15.6 Å². The molecule has 7 heteroatoms. The number of anilines is 1. The number of phenols is 1. The van der Waals surface area contributed by atoms with E-state index in [0.717, 1.165) is 5.56 Å². The first-order valence-corrected chi connectivity index (χ1v) is 6.31. The Morgan fingerprint density at radius 3 is 2.62 bits per heavy atom. The number of amides is 1. The molecule has 2 N–H and O–H groups in total. The van der Waals surface area contributed by atoms with Crippen molar-refractivity contribution in [2.24, 2.45) is 0 Å². The molecule has 0 radical (unpaired) electrons. The average Bonchev–Trinajstić information content (AvgIpc) is 2.41. The van der Waals surface area contributed by atoms with Crippen LogP contribution in [0.15, 0.2) is 36.4 Å². The number of rotatable bonds is 3. The Morgan fingerprint density at radius 2 is 2.00 bits per heavy atom. The number of nitrogens with zero attached hydrogens (tertiary/aromatic N) is 1. The van der Waals surface area contributed by atoms with Crippen LogP contribution in [0.3, 0.4) is 0 Å². The molecule has 0 aromatic heterocycles. The van der Waals surface area contributed by atoms with Crippen LogP contribution in [-0.4, -0.2) is 15.9 Å². The first-order valence-electron chi connectivity index (χ1n) is 5.93. The van der Waals surface area contributed by atoms with Crippen molar-refractivity contribution >= 4 is 28.9 Å². The van der Waals surface area contributed by atoms with E-state index in [1.54, 1.807) is 13.0 Å². The lowest BCUT2D eigenvalue weighted by atomic mass is 10.1. The number of phenolic OH excluding ortho intramolecular Hbond substituents is 1. The minimum absolute atomic E-state index is 0.0421. The molecule has 21 heavy (non-hydrogen) atoms. The van der Waals surface area contributed by atoms with Crippen molar-refractivity contribution in [1.29, 1.82) is 0 Å². The Kier molecular flexibility index (Phi) is 4.09. The van der Waals surface area contributed by atoms with Crippen molar-refractivity contribution in [2.45, 2.75) is 6.92 Å². The molecule has 0 saturated heterocycles. The summed E-state index contributed by atoms with van der Waals surface area (Å²) in [7, 11) is 0. The first kappa shape index (κ1) is 14.8. The van der Waals surface area contributed by atoms with Crippen molar-refractivity contribution in [3.63, 3.8) is 0 Å². The molecule has 0 bridgehead atoms. The predicted molar refractivity (Wildman–Crippen MR) is 78.9 cm³/mol. The molecule has 0 saturated carbocycles. The number of nitro groups is 1. The van der Waals surface area contributed by atoms with Crippen molar-refractivity contribution in [2.75, 3.05) is 5.32 Å². The number of halogens is 1. The molecule has 6 nitrogen and oxygen atoms in total. The van der Waals surface area contributed by atoms with E-state index >= 15 is 0 Å². The second-order valence-corrected chi connectivity index (χ2v) is 4.80. The summed E-state index contributed by atoms with van der Waals surface area (Å²) in [5.74, 6) is -0.683. The largest absolute Gasteiger partial charge is 0.508 e. The summed E-state index contributed by atoms with van der Waals surface area (Å²) >= 11 is 5.89. The van der Waals surface area contributed by atoms with Crippen LogP contribution < -0.4 is 5.32 Å². The monoisotopic (exact) mass is 306 g/mol. The highest BCUT2D eigenvalue weighted by Crippen LogP contribution is 2.27. The molecule has 108 valence electrons. The lowest BCUT2D eigenvalue weighted by Gasteiger charge is -2.08.